The molecule has 0 atom stereocenters. The number of imidazole rings is 1. The molecule has 296 valence electrons. The van der Waals surface area contributed by atoms with Gasteiger partial charge in [0.1, 0.15) is 17.3 Å². The Bertz CT molecular complexity index is 3920. The second-order valence-corrected chi connectivity index (χ2v) is 15.1. The molecule has 62 heavy (non-hydrogen) atoms. The fourth-order valence-corrected chi connectivity index (χ4v) is 8.17. The Morgan fingerprint density at radius 2 is 1.27 bits per heavy atom. The lowest BCUT2D eigenvalue weighted by Gasteiger charge is -2.17. The Labute approximate surface area is 376 Å². The van der Waals surface area contributed by atoms with Crippen LogP contribution in [0.3, 0.4) is 0 Å². The van der Waals surface area contributed by atoms with Gasteiger partial charge in [-0.1, -0.05) is 159 Å². The summed E-state index contributed by atoms with van der Waals surface area (Å²) >= 11 is 0. The van der Waals surface area contributed by atoms with Crippen molar-refractivity contribution in [3.63, 3.8) is 0 Å². The lowest BCUT2D eigenvalue weighted by molar-refractivity contribution is -0.571. The van der Waals surface area contributed by atoms with E-state index in [2.05, 4.69) is 17.0 Å². The zero-order chi connectivity index (χ0) is 51.2. The van der Waals surface area contributed by atoms with Crippen molar-refractivity contribution < 1.29 is 24.4 Å². The largest absolute Gasteiger partial charge is 0.458 e. The summed E-state index contributed by atoms with van der Waals surface area (Å²) in [5, 5.41) is 2.03. The minimum atomic E-state index is -0.846. The Morgan fingerprint density at radius 3 is 2.03 bits per heavy atom. The van der Waals surface area contributed by atoms with Crippen LogP contribution in [0.5, 0.6) is 11.5 Å². The molecule has 0 amide bonds. The van der Waals surface area contributed by atoms with Crippen LogP contribution >= 0.6 is 0 Å². The topological polar surface area (TPSA) is 35.9 Å². The van der Waals surface area contributed by atoms with Crippen molar-refractivity contribution in [2.45, 2.75) is 19.7 Å². The van der Waals surface area contributed by atoms with E-state index in [0.717, 1.165) is 38.5 Å². The Morgan fingerprint density at radius 1 is 0.581 bits per heavy atom. The van der Waals surface area contributed by atoms with Gasteiger partial charge < -0.3 is 4.74 Å². The summed E-state index contributed by atoms with van der Waals surface area (Å²) in [4.78, 5) is 4.76. The molecular formula is C57H42N4O. The molecule has 0 bridgehead atoms. The normalized spacial score (nSPS) is 14.2. The summed E-state index contributed by atoms with van der Waals surface area (Å²) in [6, 6.07) is 40.3. The molecule has 0 aliphatic heterocycles. The van der Waals surface area contributed by atoms with E-state index in [1.54, 1.807) is 29.0 Å². The van der Waals surface area contributed by atoms with E-state index in [9.17, 15) is 0 Å². The van der Waals surface area contributed by atoms with Crippen LogP contribution in [-0.2, 0) is 0 Å². The molecule has 0 N–H and O–H groups in total. The molecule has 3 heterocycles. The van der Waals surface area contributed by atoms with Gasteiger partial charge in [0.2, 0.25) is 0 Å². The smallest absolute Gasteiger partial charge is 0.269 e. The number of hydrogen-bond donors (Lipinski definition) is 0. The quantitative estimate of drug-likeness (QED) is 0.108. The minimum absolute atomic E-state index is 0.143. The van der Waals surface area contributed by atoms with E-state index in [4.69, 9.17) is 24.8 Å². The van der Waals surface area contributed by atoms with E-state index < -0.39 is 66.3 Å². The molecule has 0 aliphatic carbocycles. The van der Waals surface area contributed by atoms with Crippen molar-refractivity contribution in [3.05, 3.63) is 224 Å². The number of rotatable bonds is 9. The number of hydrogen-bond acceptors (Lipinski definition) is 2. The summed E-state index contributed by atoms with van der Waals surface area (Å²) in [7, 11) is 0. The van der Waals surface area contributed by atoms with Crippen LogP contribution in [-0.4, -0.2) is 14.1 Å². The summed E-state index contributed by atoms with van der Waals surface area (Å²) in [5.74, 6) is 0.852. The SMILES string of the molecule is [2H]c1c([2H])c([2H])c(-c2cccc(-c3c([2H])c([2H])c([2H])c([2H])c3[2H])c2-[n+]2[c-]n(-c3cccc(Oc4ccc5c6ccccc6n(-c6cc(C([2H])(C)C)ccn6)c5c4)c3)c3cc(-c4ccccc4)ccc32)c([2H])c1[2H]. The predicted octanol–water partition coefficient (Wildman–Crippen LogP) is 14.1. The van der Waals surface area contributed by atoms with Crippen LogP contribution < -0.4 is 9.30 Å². The first-order chi connectivity index (χ1) is 35.0. The first-order valence-electron chi connectivity index (χ1n) is 25.6. The molecule has 0 spiro atoms. The summed E-state index contributed by atoms with van der Waals surface area (Å²) < 4.78 is 109. The molecule has 0 saturated heterocycles. The van der Waals surface area contributed by atoms with Gasteiger partial charge in [-0.05, 0) is 99.4 Å². The van der Waals surface area contributed by atoms with Crippen LogP contribution in [0.1, 0.15) is 40.4 Å². The lowest BCUT2D eigenvalue weighted by Crippen LogP contribution is -2.31. The number of fused-ring (bicyclic) bond motifs is 4. The summed E-state index contributed by atoms with van der Waals surface area (Å²) in [5.41, 5.74) is 6.33. The molecule has 11 aromatic rings. The summed E-state index contributed by atoms with van der Waals surface area (Å²) in [6.07, 6.45) is 5.23. The monoisotopic (exact) mass is 809 g/mol. The van der Waals surface area contributed by atoms with Crippen molar-refractivity contribution in [2.24, 2.45) is 0 Å². The number of para-hydroxylation sites is 2. The van der Waals surface area contributed by atoms with Gasteiger partial charge in [-0.15, -0.1) is 0 Å². The van der Waals surface area contributed by atoms with E-state index in [-0.39, 0.29) is 27.9 Å². The van der Waals surface area contributed by atoms with Crippen molar-refractivity contribution in [2.75, 3.05) is 0 Å². The molecule has 11 rings (SSSR count). The van der Waals surface area contributed by atoms with Gasteiger partial charge in [0.15, 0.2) is 0 Å². The fraction of sp³-hybridized carbons (Fsp3) is 0.0526. The van der Waals surface area contributed by atoms with Crippen molar-refractivity contribution >= 4 is 32.8 Å². The number of benzene rings is 8. The van der Waals surface area contributed by atoms with Crippen molar-refractivity contribution in [1.29, 1.82) is 0 Å². The van der Waals surface area contributed by atoms with E-state index in [1.165, 1.54) is 0 Å². The number of ether oxygens (including phenoxy) is 1. The van der Waals surface area contributed by atoms with Gasteiger partial charge in [0.25, 0.3) is 6.33 Å². The van der Waals surface area contributed by atoms with E-state index >= 15 is 0 Å². The van der Waals surface area contributed by atoms with Crippen LogP contribution in [0.25, 0.3) is 83.4 Å². The molecule has 0 saturated carbocycles. The van der Waals surface area contributed by atoms with Crippen molar-refractivity contribution in [1.82, 2.24) is 14.1 Å². The Kier molecular flexibility index (Phi) is 6.75. The zero-order valence-electron chi connectivity index (χ0n) is 44.6. The summed E-state index contributed by atoms with van der Waals surface area (Å²) in [6.45, 7) is 3.69. The average molecular weight is 810 g/mol. The van der Waals surface area contributed by atoms with Crippen LogP contribution in [0.15, 0.2) is 212 Å². The number of aromatic nitrogens is 4. The standard InChI is InChI=1S/C57H42N4O/c1-39(2)43-32-33-58-56(35-43)61-52-27-13-12-24-50(52)51-30-29-47(37-54(51)61)62-46-23-14-22-45(36-46)59-38-60(53-31-28-44(34-55(53)59)40-16-6-3-7-17-40)57-48(41-18-8-4-9-19-41)25-15-26-49(57)42-20-10-5-11-21-42/h3-37,39H,1-2H3/i4D,5D,8D,9D,10D,11D,18D,19D,20D,21D,39D. The Hall–Kier alpha value is -8.02. The van der Waals surface area contributed by atoms with Gasteiger partial charge >= 0.3 is 0 Å². The fourth-order valence-electron chi connectivity index (χ4n) is 8.17. The van der Waals surface area contributed by atoms with Crippen LogP contribution in [0, 0.1) is 6.33 Å². The highest BCUT2D eigenvalue weighted by molar-refractivity contribution is 6.09. The third-order valence-electron chi connectivity index (χ3n) is 11.1. The van der Waals surface area contributed by atoms with Gasteiger partial charge in [0, 0.05) is 24.4 Å². The molecule has 3 aromatic heterocycles. The van der Waals surface area contributed by atoms with Gasteiger partial charge in [0.05, 0.1) is 47.1 Å². The first-order valence-corrected chi connectivity index (χ1v) is 20.1. The number of pyridine rings is 1. The van der Waals surface area contributed by atoms with E-state index in [1.807, 2.05) is 140 Å². The molecule has 0 fully saturated rings. The van der Waals surface area contributed by atoms with Crippen LogP contribution in [0.2, 0.25) is 0 Å². The van der Waals surface area contributed by atoms with Gasteiger partial charge in [-0.25, -0.2) is 4.98 Å². The minimum Gasteiger partial charge on any atom is -0.458 e. The predicted molar refractivity (Wildman–Crippen MR) is 253 cm³/mol. The molecule has 8 aromatic carbocycles. The maximum atomic E-state index is 9.11. The molecule has 5 heteroatoms. The molecular weight excluding hydrogens is 757 g/mol. The second kappa shape index (κ2) is 15.5. The lowest BCUT2D eigenvalue weighted by atomic mass is 9.95. The average Bonchev–Trinajstić information content (AvgIpc) is 3.94. The number of nitrogens with zero attached hydrogens (tertiary/aromatic N) is 4. The molecule has 0 radical (unpaired) electrons. The van der Waals surface area contributed by atoms with E-state index in [0.29, 0.717) is 34.0 Å². The highest BCUT2D eigenvalue weighted by Gasteiger charge is 2.21. The van der Waals surface area contributed by atoms with Crippen molar-refractivity contribution in [3.8, 4) is 62.1 Å². The first kappa shape index (κ1) is 27.0. The molecule has 5 nitrogen and oxygen atoms in total. The Balaban J connectivity index is 1.13. The molecule has 0 aliphatic rings. The van der Waals surface area contributed by atoms with Gasteiger partial charge in [-0.3, -0.25) is 13.7 Å². The third-order valence-corrected chi connectivity index (χ3v) is 11.1. The maximum absolute atomic E-state index is 9.11. The highest BCUT2D eigenvalue weighted by atomic mass is 16.5. The van der Waals surface area contributed by atoms with Crippen LogP contribution in [0.4, 0.5) is 0 Å². The maximum Gasteiger partial charge on any atom is 0.269 e. The third kappa shape index (κ3) is 6.61. The highest BCUT2D eigenvalue weighted by Crippen LogP contribution is 2.38. The van der Waals surface area contributed by atoms with Gasteiger partial charge in [-0.2, -0.15) is 0 Å². The second-order valence-electron chi connectivity index (χ2n) is 15.1. The molecule has 0 unspecified atom stereocenters. The zero-order valence-corrected chi connectivity index (χ0v) is 33.6.